The zero-order valence-electron chi connectivity index (χ0n) is 11.3. The molecule has 0 fully saturated rings. The summed E-state index contributed by atoms with van der Waals surface area (Å²) in [7, 11) is 1.77. The largest absolute Gasteiger partial charge is 0.463 e. The Kier molecular flexibility index (Phi) is 4.22. The minimum atomic E-state index is 0.340. The molecule has 0 bridgehead atoms. The molecule has 0 unspecified atom stereocenters. The van der Waals surface area contributed by atoms with Crippen molar-refractivity contribution in [2.75, 3.05) is 19.0 Å². The molecule has 100 valence electrons. The summed E-state index contributed by atoms with van der Waals surface area (Å²) in [6.07, 6.45) is 4.41. The molecule has 2 heterocycles. The number of aromatic nitrogens is 4. The van der Waals surface area contributed by atoms with Crippen molar-refractivity contribution in [3.8, 4) is 17.4 Å². The molecule has 6 nitrogen and oxygen atoms in total. The van der Waals surface area contributed by atoms with Crippen LogP contribution in [0.5, 0.6) is 6.01 Å². The SMILES string of the molecule is CCCOc1nc(NC)nc(-c2ccncc2C)n1. The first kappa shape index (κ1) is 13.2. The van der Waals surface area contributed by atoms with E-state index in [2.05, 4.69) is 25.3 Å². The van der Waals surface area contributed by atoms with E-state index < -0.39 is 0 Å². The first-order chi connectivity index (χ1) is 9.24. The fourth-order valence-corrected chi connectivity index (χ4v) is 1.57. The highest BCUT2D eigenvalue weighted by Crippen LogP contribution is 2.21. The van der Waals surface area contributed by atoms with E-state index in [1.807, 2.05) is 19.9 Å². The van der Waals surface area contributed by atoms with Crippen LogP contribution in [0.4, 0.5) is 5.95 Å². The third-order valence-corrected chi connectivity index (χ3v) is 2.53. The van der Waals surface area contributed by atoms with Crippen molar-refractivity contribution >= 4 is 5.95 Å². The summed E-state index contributed by atoms with van der Waals surface area (Å²) in [5.74, 6) is 1.08. The van der Waals surface area contributed by atoms with Gasteiger partial charge in [0.05, 0.1) is 6.61 Å². The van der Waals surface area contributed by atoms with Crippen molar-refractivity contribution in [3.05, 3.63) is 24.0 Å². The first-order valence-electron chi connectivity index (χ1n) is 6.22. The Labute approximate surface area is 112 Å². The Morgan fingerprint density at radius 1 is 1.26 bits per heavy atom. The van der Waals surface area contributed by atoms with Gasteiger partial charge in [-0.25, -0.2) is 0 Å². The zero-order valence-corrected chi connectivity index (χ0v) is 11.3. The summed E-state index contributed by atoms with van der Waals surface area (Å²) < 4.78 is 5.48. The maximum atomic E-state index is 5.48. The van der Waals surface area contributed by atoms with E-state index in [0.717, 1.165) is 17.5 Å². The zero-order chi connectivity index (χ0) is 13.7. The first-order valence-corrected chi connectivity index (χ1v) is 6.22. The number of rotatable bonds is 5. The molecule has 1 N–H and O–H groups in total. The van der Waals surface area contributed by atoms with E-state index in [9.17, 15) is 0 Å². The van der Waals surface area contributed by atoms with Crippen LogP contribution in [0.15, 0.2) is 18.5 Å². The van der Waals surface area contributed by atoms with Crippen LogP contribution in [0.25, 0.3) is 11.4 Å². The average molecular weight is 259 g/mol. The summed E-state index contributed by atoms with van der Waals surface area (Å²) in [5, 5.41) is 2.92. The molecule has 0 aliphatic heterocycles. The molecule has 19 heavy (non-hydrogen) atoms. The van der Waals surface area contributed by atoms with E-state index in [0.29, 0.717) is 24.4 Å². The number of pyridine rings is 1. The molecule has 2 aromatic heterocycles. The van der Waals surface area contributed by atoms with Gasteiger partial charge >= 0.3 is 6.01 Å². The predicted octanol–water partition coefficient (Wildman–Crippen LogP) is 2.07. The molecule has 2 rings (SSSR count). The van der Waals surface area contributed by atoms with Crippen LogP contribution in [0, 0.1) is 6.92 Å². The normalized spacial score (nSPS) is 10.3. The lowest BCUT2D eigenvalue weighted by molar-refractivity contribution is 0.292. The van der Waals surface area contributed by atoms with E-state index in [1.165, 1.54) is 0 Å². The molecule has 0 saturated heterocycles. The monoisotopic (exact) mass is 259 g/mol. The van der Waals surface area contributed by atoms with Crippen molar-refractivity contribution in [2.24, 2.45) is 0 Å². The van der Waals surface area contributed by atoms with Crippen LogP contribution in [0.3, 0.4) is 0 Å². The minimum Gasteiger partial charge on any atom is -0.463 e. The third-order valence-electron chi connectivity index (χ3n) is 2.53. The fourth-order valence-electron chi connectivity index (χ4n) is 1.57. The van der Waals surface area contributed by atoms with Gasteiger partial charge < -0.3 is 10.1 Å². The van der Waals surface area contributed by atoms with Gasteiger partial charge in [-0.1, -0.05) is 6.92 Å². The maximum absolute atomic E-state index is 5.48. The van der Waals surface area contributed by atoms with Crippen LogP contribution < -0.4 is 10.1 Å². The Balaban J connectivity index is 2.42. The lowest BCUT2D eigenvalue weighted by Crippen LogP contribution is -2.06. The molecule has 0 atom stereocenters. The minimum absolute atomic E-state index is 0.340. The van der Waals surface area contributed by atoms with Gasteiger partial charge in [0.2, 0.25) is 5.95 Å². The van der Waals surface area contributed by atoms with Crippen LogP contribution in [-0.2, 0) is 0 Å². The van der Waals surface area contributed by atoms with Gasteiger partial charge in [-0.15, -0.1) is 0 Å². The molecule has 0 aliphatic rings. The highest BCUT2D eigenvalue weighted by molar-refractivity contribution is 5.59. The molecular weight excluding hydrogens is 242 g/mol. The number of hydrogen-bond donors (Lipinski definition) is 1. The second kappa shape index (κ2) is 6.08. The van der Waals surface area contributed by atoms with Gasteiger partial charge in [0.25, 0.3) is 0 Å². The van der Waals surface area contributed by atoms with Gasteiger partial charge in [-0.3, -0.25) is 4.98 Å². The predicted molar refractivity (Wildman–Crippen MR) is 73.1 cm³/mol. The van der Waals surface area contributed by atoms with Gasteiger partial charge in [-0.05, 0) is 25.0 Å². The standard InChI is InChI=1S/C13H17N5O/c1-4-7-19-13-17-11(16-12(14-3)18-13)10-5-6-15-8-9(10)2/h5-6,8H,4,7H2,1-3H3,(H,14,16,17,18). The second-order valence-corrected chi connectivity index (χ2v) is 4.05. The molecule has 0 aliphatic carbocycles. The van der Waals surface area contributed by atoms with Crippen molar-refractivity contribution in [1.82, 2.24) is 19.9 Å². The van der Waals surface area contributed by atoms with Crippen LogP contribution in [0.2, 0.25) is 0 Å². The van der Waals surface area contributed by atoms with E-state index in [-0.39, 0.29) is 0 Å². The van der Waals surface area contributed by atoms with Crippen molar-refractivity contribution in [1.29, 1.82) is 0 Å². The van der Waals surface area contributed by atoms with Crippen molar-refractivity contribution < 1.29 is 4.74 Å². The van der Waals surface area contributed by atoms with Crippen molar-refractivity contribution in [3.63, 3.8) is 0 Å². The summed E-state index contributed by atoms with van der Waals surface area (Å²) in [5.41, 5.74) is 1.94. The Hall–Kier alpha value is -2.24. The number of ether oxygens (including phenoxy) is 1. The molecule has 2 aromatic rings. The van der Waals surface area contributed by atoms with Crippen molar-refractivity contribution in [2.45, 2.75) is 20.3 Å². The highest BCUT2D eigenvalue weighted by Gasteiger charge is 2.10. The van der Waals surface area contributed by atoms with E-state index in [4.69, 9.17) is 4.74 Å². The molecule has 0 aromatic carbocycles. The number of nitrogens with one attached hydrogen (secondary N) is 1. The molecule has 0 spiro atoms. The topological polar surface area (TPSA) is 72.8 Å². The molecule has 0 radical (unpaired) electrons. The smallest absolute Gasteiger partial charge is 0.321 e. The highest BCUT2D eigenvalue weighted by atomic mass is 16.5. The fraction of sp³-hybridized carbons (Fsp3) is 0.385. The molecular formula is C13H17N5O. The summed E-state index contributed by atoms with van der Waals surface area (Å²) in [6.45, 7) is 4.59. The lowest BCUT2D eigenvalue weighted by atomic mass is 10.1. The van der Waals surface area contributed by atoms with Gasteiger partial charge in [-0.2, -0.15) is 15.0 Å². The Morgan fingerprint density at radius 3 is 2.79 bits per heavy atom. The second-order valence-electron chi connectivity index (χ2n) is 4.05. The number of nitrogens with zero attached hydrogens (tertiary/aromatic N) is 4. The molecule has 0 saturated carbocycles. The summed E-state index contributed by atoms with van der Waals surface area (Å²) in [6, 6.07) is 2.22. The van der Waals surface area contributed by atoms with Gasteiger partial charge in [0.15, 0.2) is 5.82 Å². The Bertz CT molecular complexity index is 558. The van der Waals surface area contributed by atoms with Crippen LogP contribution in [-0.4, -0.2) is 33.6 Å². The molecule has 0 amide bonds. The Morgan fingerprint density at radius 2 is 2.11 bits per heavy atom. The van der Waals surface area contributed by atoms with Gasteiger partial charge in [0.1, 0.15) is 0 Å². The van der Waals surface area contributed by atoms with E-state index in [1.54, 1.807) is 19.4 Å². The lowest BCUT2D eigenvalue weighted by Gasteiger charge is -2.08. The maximum Gasteiger partial charge on any atom is 0.321 e. The number of anilines is 1. The average Bonchev–Trinajstić information content (AvgIpc) is 2.45. The van der Waals surface area contributed by atoms with Gasteiger partial charge in [0, 0.05) is 25.0 Å². The van der Waals surface area contributed by atoms with Crippen LogP contribution in [0.1, 0.15) is 18.9 Å². The van der Waals surface area contributed by atoms with E-state index >= 15 is 0 Å². The summed E-state index contributed by atoms with van der Waals surface area (Å²) >= 11 is 0. The third kappa shape index (κ3) is 3.15. The number of aryl methyl sites for hydroxylation is 1. The molecule has 6 heteroatoms. The quantitative estimate of drug-likeness (QED) is 0.886. The summed E-state index contributed by atoms with van der Waals surface area (Å²) in [4.78, 5) is 16.9. The van der Waals surface area contributed by atoms with Crippen LogP contribution >= 0.6 is 0 Å². The number of hydrogen-bond acceptors (Lipinski definition) is 6.